The Morgan fingerprint density at radius 3 is 2.50 bits per heavy atom. The topological polar surface area (TPSA) is 21.3 Å². The molecule has 20 heavy (non-hydrogen) atoms. The molecule has 0 aliphatic heterocycles. The molecule has 2 rings (SSSR count). The molecule has 0 radical (unpaired) electrons. The summed E-state index contributed by atoms with van der Waals surface area (Å²) in [5.41, 5.74) is 2.68. The summed E-state index contributed by atoms with van der Waals surface area (Å²) >= 11 is 18.3. The van der Waals surface area contributed by atoms with Crippen LogP contribution in [0.5, 0.6) is 5.75 Å². The molecule has 0 aliphatic carbocycles. The second kappa shape index (κ2) is 6.57. The van der Waals surface area contributed by atoms with Crippen LogP contribution in [0.3, 0.4) is 0 Å². The summed E-state index contributed by atoms with van der Waals surface area (Å²) in [5, 5.41) is 5.22. The van der Waals surface area contributed by atoms with Crippen LogP contribution < -0.4 is 10.1 Å². The summed E-state index contributed by atoms with van der Waals surface area (Å²) in [6, 6.07) is 9.14. The SMILES string of the molecule is COc1ccc(Cl)cc1CNc1cc(Cl)c(C)cc1Cl. The summed E-state index contributed by atoms with van der Waals surface area (Å²) in [6.45, 7) is 2.46. The van der Waals surface area contributed by atoms with Crippen molar-refractivity contribution in [1.82, 2.24) is 0 Å². The standard InChI is InChI=1S/C15H14Cl3NO/c1-9-5-13(18)14(7-12(9)17)19-8-10-6-11(16)3-4-15(10)20-2/h3-7,19H,8H2,1-2H3. The molecule has 0 saturated carbocycles. The van der Waals surface area contributed by atoms with Crippen molar-refractivity contribution < 1.29 is 4.74 Å². The van der Waals surface area contributed by atoms with Gasteiger partial charge in [0.2, 0.25) is 0 Å². The first-order valence-electron chi connectivity index (χ1n) is 6.03. The van der Waals surface area contributed by atoms with E-state index < -0.39 is 0 Å². The number of hydrogen-bond donors (Lipinski definition) is 1. The molecular formula is C15H14Cl3NO. The van der Waals surface area contributed by atoms with Crippen LogP contribution in [-0.4, -0.2) is 7.11 Å². The maximum absolute atomic E-state index is 6.19. The lowest BCUT2D eigenvalue weighted by Crippen LogP contribution is -2.02. The number of anilines is 1. The van der Waals surface area contributed by atoms with Crippen LogP contribution >= 0.6 is 34.8 Å². The molecule has 2 aromatic carbocycles. The van der Waals surface area contributed by atoms with Crippen LogP contribution in [0.25, 0.3) is 0 Å². The van der Waals surface area contributed by atoms with E-state index in [0.717, 1.165) is 22.6 Å². The molecule has 0 amide bonds. The number of methoxy groups -OCH3 is 1. The highest BCUT2D eigenvalue weighted by Gasteiger charge is 2.07. The number of ether oxygens (including phenoxy) is 1. The van der Waals surface area contributed by atoms with Crippen molar-refractivity contribution in [2.75, 3.05) is 12.4 Å². The molecule has 2 aromatic rings. The van der Waals surface area contributed by atoms with Gasteiger partial charge in [-0.2, -0.15) is 0 Å². The fraction of sp³-hybridized carbons (Fsp3) is 0.200. The fourth-order valence-electron chi connectivity index (χ4n) is 1.86. The maximum atomic E-state index is 6.19. The van der Waals surface area contributed by atoms with Gasteiger partial charge in [-0.3, -0.25) is 0 Å². The molecule has 2 nitrogen and oxygen atoms in total. The smallest absolute Gasteiger partial charge is 0.123 e. The lowest BCUT2D eigenvalue weighted by molar-refractivity contribution is 0.410. The first kappa shape index (κ1) is 15.3. The van der Waals surface area contributed by atoms with Gasteiger partial charge in [-0.25, -0.2) is 0 Å². The number of benzene rings is 2. The summed E-state index contributed by atoms with van der Waals surface area (Å²) in [7, 11) is 1.63. The van der Waals surface area contributed by atoms with E-state index in [1.165, 1.54) is 0 Å². The average molecular weight is 331 g/mol. The Morgan fingerprint density at radius 2 is 1.80 bits per heavy atom. The van der Waals surface area contributed by atoms with Gasteiger partial charge in [-0.05, 0) is 42.8 Å². The Hall–Kier alpha value is -1.09. The summed E-state index contributed by atoms with van der Waals surface area (Å²) in [5.74, 6) is 0.774. The van der Waals surface area contributed by atoms with Crippen molar-refractivity contribution in [3.63, 3.8) is 0 Å². The minimum absolute atomic E-state index is 0.544. The van der Waals surface area contributed by atoms with E-state index in [4.69, 9.17) is 39.5 Å². The quantitative estimate of drug-likeness (QED) is 0.790. The number of aryl methyl sites for hydroxylation is 1. The summed E-state index contributed by atoms with van der Waals surface area (Å²) < 4.78 is 5.30. The molecular weight excluding hydrogens is 317 g/mol. The van der Waals surface area contributed by atoms with Crippen LogP contribution in [-0.2, 0) is 6.54 Å². The van der Waals surface area contributed by atoms with Crippen LogP contribution in [0.15, 0.2) is 30.3 Å². The van der Waals surface area contributed by atoms with Gasteiger partial charge < -0.3 is 10.1 Å². The Bertz CT molecular complexity index is 629. The highest BCUT2D eigenvalue weighted by molar-refractivity contribution is 6.35. The Balaban J connectivity index is 2.21. The molecule has 0 aromatic heterocycles. The molecule has 1 N–H and O–H groups in total. The van der Waals surface area contributed by atoms with Crippen molar-refractivity contribution in [1.29, 1.82) is 0 Å². The molecule has 106 valence electrons. The van der Waals surface area contributed by atoms with Gasteiger partial charge in [0.15, 0.2) is 0 Å². The van der Waals surface area contributed by atoms with Gasteiger partial charge in [-0.1, -0.05) is 34.8 Å². The molecule has 0 aliphatic rings. The predicted octanol–water partition coefficient (Wildman–Crippen LogP) is 5.58. The molecule has 0 unspecified atom stereocenters. The van der Waals surface area contributed by atoms with Crippen molar-refractivity contribution in [2.45, 2.75) is 13.5 Å². The fourth-order valence-corrected chi connectivity index (χ4v) is 2.50. The first-order chi connectivity index (χ1) is 9.51. The normalized spacial score (nSPS) is 10.4. The average Bonchev–Trinajstić information content (AvgIpc) is 2.41. The molecule has 0 spiro atoms. The molecule has 5 heteroatoms. The van der Waals surface area contributed by atoms with E-state index >= 15 is 0 Å². The van der Waals surface area contributed by atoms with Crippen LogP contribution in [0.1, 0.15) is 11.1 Å². The third kappa shape index (κ3) is 3.51. The Labute approximate surface area is 133 Å². The Kier molecular flexibility index (Phi) is 5.03. The third-order valence-corrected chi connectivity index (χ3v) is 3.92. The summed E-state index contributed by atoms with van der Waals surface area (Å²) in [6.07, 6.45) is 0. The van der Waals surface area contributed by atoms with Gasteiger partial charge in [-0.15, -0.1) is 0 Å². The number of nitrogens with one attached hydrogen (secondary N) is 1. The van der Waals surface area contributed by atoms with E-state index in [-0.39, 0.29) is 0 Å². The maximum Gasteiger partial charge on any atom is 0.123 e. The van der Waals surface area contributed by atoms with Crippen molar-refractivity contribution in [3.05, 3.63) is 56.5 Å². The molecule has 0 bridgehead atoms. The van der Waals surface area contributed by atoms with E-state index in [1.807, 2.05) is 31.2 Å². The zero-order valence-electron chi connectivity index (χ0n) is 11.1. The zero-order chi connectivity index (χ0) is 14.7. The zero-order valence-corrected chi connectivity index (χ0v) is 13.4. The monoisotopic (exact) mass is 329 g/mol. The minimum Gasteiger partial charge on any atom is -0.496 e. The van der Waals surface area contributed by atoms with Crippen LogP contribution in [0, 0.1) is 6.92 Å². The molecule has 0 atom stereocenters. The third-order valence-electron chi connectivity index (χ3n) is 2.96. The van der Waals surface area contributed by atoms with Gasteiger partial charge in [0.05, 0.1) is 17.8 Å². The Morgan fingerprint density at radius 1 is 1.05 bits per heavy atom. The van der Waals surface area contributed by atoms with Crippen LogP contribution in [0.4, 0.5) is 5.69 Å². The number of hydrogen-bond acceptors (Lipinski definition) is 2. The van der Waals surface area contributed by atoms with E-state index in [9.17, 15) is 0 Å². The highest BCUT2D eigenvalue weighted by Crippen LogP contribution is 2.30. The van der Waals surface area contributed by atoms with Gasteiger partial charge in [0.25, 0.3) is 0 Å². The number of halogens is 3. The van der Waals surface area contributed by atoms with E-state index in [1.54, 1.807) is 13.2 Å². The van der Waals surface area contributed by atoms with E-state index in [0.29, 0.717) is 21.6 Å². The van der Waals surface area contributed by atoms with Gasteiger partial charge >= 0.3 is 0 Å². The highest BCUT2D eigenvalue weighted by atomic mass is 35.5. The van der Waals surface area contributed by atoms with Crippen molar-refractivity contribution >= 4 is 40.5 Å². The molecule has 0 heterocycles. The summed E-state index contributed by atoms with van der Waals surface area (Å²) in [4.78, 5) is 0. The van der Waals surface area contributed by atoms with Crippen molar-refractivity contribution in [3.8, 4) is 5.75 Å². The van der Waals surface area contributed by atoms with Crippen molar-refractivity contribution in [2.24, 2.45) is 0 Å². The second-order valence-corrected chi connectivity index (χ2v) is 5.64. The molecule has 0 fully saturated rings. The first-order valence-corrected chi connectivity index (χ1v) is 7.16. The second-order valence-electron chi connectivity index (χ2n) is 4.39. The number of rotatable bonds is 4. The van der Waals surface area contributed by atoms with Gasteiger partial charge in [0, 0.05) is 22.2 Å². The van der Waals surface area contributed by atoms with Crippen LogP contribution in [0.2, 0.25) is 15.1 Å². The minimum atomic E-state index is 0.544. The largest absolute Gasteiger partial charge is 0.496 e. The predicted molar refractivity (Wildman–Crippen MR) is 86.5 cm³/mol. The van der Waals surface area contributed by atoms with E-state index in [2.05, 4.69) is 5.32 Å². The van der Waals surface area contributed by atoms with Gasteiger partial charge in [0.1, 0.15) is 5.75 Å². The lowest BCUT2D eigenvalue weighted by atomic mass is 10.2. The molecule has 0 saturated heterocycles. The lowest BCUT2D eigenvalue weighted by Gasteiger charge is -2.13.